The van der Waals surface area contributed by atoms with Crippen molar-refractivity contribution in [3.63, 3.8) is 0 Å². The van der Waals surface area contributed by atoms with Gasteiger partial charge >= 0.3 is 6.09 Å². The minimum atomic E-state index is -1.29. The highest BCUT2D eigenvalue weighted by Gasteiger charge is 2.37. The largest absolute Gasteiger partial charge is 0.444 e. The molecule has 3 atom stereocenters. The van der Waals surface area contributed by atoms with E-state index in [0.717, 1.165) is 54.0 Å². The predicted octanol–water partition coefficient (Wildman–Crippen LogP) is 6.97. The van der Waals surface area contributed by atoms with Gasteiger partial charge in [-0.1, -0.05) is 45.3 Å². The Morgan fingerprint density at radius 3 is 2.22 bits per heavy atom. The van der Waals surface area contributed by atoms with E-state index < -0.39 is 34.5 Å². The van der Waals surface area contributed by atoms with Crippen LogP contribution >= 0.6 is 0 Å². The fourth-order valence-corrected chi connectivity index (χ4v) is 7.51. The van der Waals surface area contributed by atoms with Crippen molar-refractivity contribution < 1.29 is 29.2 Å². The van der Waals surface area contributed by atoms with E-state index in [2.05, 4.69) is 62.2 Å². The molecule has 0 aliphatic carbocycles. The summed E-state index contributed by atoms with van der Waals surface area (Å²) in [4.78, 5) is 26.8. The summed E-state index contributed by atoms with van der Waals surface area (Å²) in [6, 6.07) is 7.91. The summed E-state index contributed by atoms with van der Waals surface area (Å²) in [5, 5.41) is 24.3. The first-order valence-electron chi connectivity index (χ1n) is 18.4. The van der Waals surface area contributed by atoms with Crippen molar-refractivity contribution >= 4 is 33.7 Å². The van der Waals surface area contributed by atoms with Crippen molar-refractivity contribution in [3.8, 4) is 11.1 Å². The number of nitrogens with zero attached hydrogens (tertiary/aromatic N) is 6. The van der Waals surface area contributed by atoms with E-state index in [1.165, 1.54) is 0 Å². The summed E-state index contributed by atoms with van der Waals surface area (Å²) < 4.78 is 20.2. The van der Waals surface area contributed by atoms with E-state index in [1.807, 2.05) is 36.3 Å². The second-order valence-corrected chi connectivity index (χ2v) is 28.6. The van der Waals surface area contributed by atoms with E-state index in [-0.39, 0.29) is 18.2 Å². The van der Waals surface area contributed by atoms with Gasteiger partial charge in [0.1, 0.15) is 31.0 Å². The number of aromatic nitrogens is 4. The van der Waals surface area contributed by atoms with Crippen molar-refractivity contribution in [2.45, 2.75) is 129 Å². The number of aliphatic hydroxyl groups excluding tert-OH is 2. The quantitative estimate of drug-likeness (QED) is 0.0849. The molecule has 0 aromatic carbocycles. The molecule has 1 amide bonds. The monoisotopic (exact) mass is 742 g/mol. The standard InChI is InChI=1S/C37H62N6O6Si2/c1-27-11-14-30(42(27)36(46)49-37(2,3)4)15-13-29-21-34(41(25-47-17-19-50(5,6)7)26-48-18-20-51(8,9)10)43-35(40-29)31(23-39-43)28-12-16-32(38-22-28)33(45)24-44/h12,16,21-23,27,30,33,44-45H,11,13-15,17-20,24-26H2,1-10H3/t27-,30-,33?/m1/s1. The number of carbonyl (C=O) groups is 1. The maximum Gasteiger partial charge on any atom is 0.410 e. The molecule has 284 valence electrons. The summed E-state index contributed by atoms with van der Waals surface area (Å²) >= 11 is 0. The average molecular weight is 743 g/mol. The van der Waals surface area contributed by atoms with Gasteiger partial charge in [-0.25, -0.2) is 9.78 Å². The van der Waals surface area contributed by atoms with Gasteiger partial charge in [0, 0.05) is 70.5 Å². The van der Waals surface area contributed by atoms with Gasteiger partial charge in [0.05, 0.1) is 18.5 Å². The molecular formula is C37H62N6O6Si2. The van der Waals surface area contributed by atoms with Crippen LogP contribution in [0.25, 0.3) is 16.8 Å². The Balaban J connectivity index is 1.70. The molecule has 0 bridgehead atoms. The minimum Gasteiger partial charge on any atom is -0.444 e. The Labute approximate surface area is 306 Å². The number of aryl methyl sites for hydroxylation is 1. The molecule has 1 aliphatic heterocycles. The van der Waals surface area contributed by atoms with Crippen LogP contribution in [0.3, 0.4) is 0 Å². The number of carbonyl (C=O) groups excluding carboxylic acids is 1. The van der Waals surface area contributed by atoms with Crippen molar-refractivity contribution in [1.82, 2.24) is 24.5 Å². The van der Waals surface area contributed by atoms with Crippen molar-refractivity contribution in [2.24, 2.45) is 0 Å². The van der Waals surface area contributed by atoms with Crippen LogP contribution in [0.15, 0.2) is 30.6 Å². The number of anilines is 1. The van der Waals surface area contributed by atoms with E-state index in [0.29, 0.717) is 44.4 Å². The van der Waals surface area contributed by atoms with Crippen molar-refractivity contribution in [3.05, 3.63) is 42.0 Å². The number of fused-ring (bicyclic) bond motifs is 1. The number of pyridine rings is 1. The molecule has 3 aromatic rings. The maximum absolute atomic E-state index is 13.2. The summed E-state index contributed by atoms with van der Waals surface area (Å²) in [5.74, 6) is 0.811. The lowest BCUT2D eigenvalue weighted by Gasteiger charge is -2.31. The van der Waals surface area contributed by atoms with E-state index in [1.54, 1.807) is 18.5 Å². The topological polar surface area (TPSA) is 135 Å². The van der Waals surface area contributed by atoms with Crippen LogP contribution in [-0.4, -0.2) is 108 Å². The first-order valence-corrected chi connectivity index (χ1v) is 25.8. The van der Waals surface area contributed by atoms with Gasteiger partial charge in [-0.2, -0.15) is 9.61 Å². The van der Waals surface area contributed by atoms with Crippen LogP contribution in [0, 0.1) is 0 Å². The summed E-state index contributed by atoms with van der Waals surface area (Å²) in [6.45, 7) is 23.5. The lowest BCUT2D eigenvalue weighted by molar-refractivity contribution is 0.0154. The summed E-state index contributed by atoms with van der Waals surface area (Å²) in [5.41, 5.74) is 2.95. The first kappa shape index (κ1) is 40.9. The molecule has 2 N–H and O–H groups in total. The third kappa shape index (κ3) is 12.1. The fourth-order valence-electron chi connectivity index (χ4n) is 6.00. The summed E-state index contributed by atoms with van der Waals surface area (Å²) in [6.07, 6.45) is 5.37. The second-order valence-electron chi connectivity index (χ2n) is 17.3. The van der Waals surface area contributed by atoms with Crippen LogP contribution < -0.4 is 4.90 Å². The van der Waals surface area contributed by atoms with Crippen molar-refractivity contribution in [1.29, 1.82) is 0 Å². The van der Waals surface area contributed by atoms with Crippen LogP contribution in [0.4, 0.5) is 10.6 Å². The van der Waals surface area contributed by atoms with Crippen molar-refractivity contribution in [2.75, 3.05) is 38.2 Å². The predicted molar refractivity (Wildman–Crippen MR) is 208 cm³/mol. The highest BCUT2D eigenvalue weighted by molar-refractivity contribution is 6.76. The number of hydrogen-bond acceptors (Lipinski definition) is 10. The van der Waals surface area contributed by atoms with Gasteiger partial charge < -0.3 is 34.2 Å². The molecule has 51 heavy (non-hydrogen) atoms. The highest BCUT2D eigenvalue weighted by Crippen LogP contribution is 2.31. The molecule has 1 unspecified atom stereocenters. The molecule has 1 fully saturated rings. The van der Waals surface area contributed by atoms with E-state index >= 15 is 0 Å². The highest BCUT2D eigenvalue weighted by atomic mass is 28.3. The Morgan fingerprint density at radius 1 is 1.02 bits per heavy atom. The normalized spacial score (nSPS) is 17.7. The van der Waals surface area contributed by atoms with Crippen LogP contribution in [0.1, 0.15) is 64.4 Å². The molecule has 3 aromatic heterocycles. The number of aliphatic hydroxyl groups is 2. The van der Waals surface area contributed by atoms with Gasteiger partial charge in [0.15, 0.2) is 5.65 Å². The third-order valence-electron chi connectivity index (χ3n) is 9.05. The van der Waals surface area contributed by atoms with Crippen LogP contribution in [0.2, 0.25) is 51.4 Å². The molecule has 4 heterocycles. The Bertz CT molecular complexity index is 1540. The molecule has 0 saturated carbocycles. The third-order valence-corrected chi connectivity index (χ3v) is 12.5. The van der Waals surface area contributed by atoms with Gasteiger partial charge in [-0.3, -0.25) is 4.98 Å². The minimum absolute atomic E-state index is 0.0429. The van der Waals surface area contributed by atoms with Crippen LogP contribution in [0.5, 0.6) is 0 Å². The molecule has 0 spiro atoms. The van der Waals surface area contributed by atoms with E-state index in [4.69, 9.17) is 24.3 Å². The number of hydrogen-bond donors (Lipinski definition) is 2. The zero-order chi connectivity index (χ0) is 37.6. The Morgan fingerprint density at radius 2 is 1.67 bits per heavy atom. The van der Waals surface area contributed by atoms with Gasteiger partial charge in [0.25, 0.3) is 0 Å². The zero-order valence-electron chi connectivity index (χ0n) is 32.6. The number of amides is 1. The lowest BCUT2D eigenvalue weighted by Crippen LogP contribution is -2.43. The van der Waals surface area contributed by atoms with E-state index in [9.17, 15) is 15.0 Å². The lowest BCUT2D eigenvalue weighted by atomic mass is 10.1. The Hall–Kier alpha value is -2.89. The number of rotatable bonds is 17. The SMILES string of the molecule is C[C@@H]1CC[C@H](CCc2cc(N(COCC[Si](C)(C)C)COCC[Si](C)(C)C)n3ncc(-c4ccc(C(O)CO)nc4)c3n2)N1C(=O)OC(C)(C)C. The van der Waals surface area contributed by atoms with Gasteiger partial charge in [0.2, 0.25) is 0 Å². The number of ether oxygens (including phenoxy) is 3. The molecule has 1 aliphatic rings. The summed E-state index contributed by atoms with van der Waals surface area (Å²) in [7, 11) is -2.57. The maximum atomic E-state index is 13.2. The fraction of sp³-hybridized carbons (Fsp3) is 0.676. The molecule has 14 heteroatoms. The molecule has 4 rings (SSSR count). The first-order chi connectivity index (χ1) is 23.8. The second kappa shape index (κ2) is 17.3. The number of likely N-dealkylation sites (tertiary alicyclic amines) is 1. The molecule has 0 radical (unpaired) electrons. The molecule has 1 saturated heterocycles. The smallest absolute Gasteiger partial charge is 0.410 e. The average Bonchev–Trinajstić information content (AvgIpc) is 3.63. The molecular weight excluding hydrogens is 681 g/mol. The van der Waals surface area contributed by atoms with Crippen LogP contribution in [-0.2, 0) is 20.6 Å². The van der Waals surface area contributed by atoms with Gasteiger partial charge in [-0.05, 0) is 71.5 Å². The molecule has 12 nitrogen and oxygen atoms in total. The van der Waals surface area contributed by atoms with Gasteiger partial charge in [-0.15, -0.1) is 0 Å². The Kier molecular flexibility index (Phi) is 13.9. The zero-order valence-corrected chi connectivity index (χ0v) is 34.6.